The molecule has 0 bridgehead atoms. The zero-order chi connectivity index (χ0) is 16.9. The van der Waals surface area contributed by atoms with Gasteiger partial charge in [0.15, 0.2) is 0 Å². The molecule has 1 saturated heterocycles. The number of rotatable bonds is 6. The number of hydrogen-bond acceptors (Lipinski definition) is 5. The zero-order valence-corrected chi connectivity index (χ0v) is 14.0. The molecular weight excluding hydrogens is 303 g/mol. The first kappa shape index (κ1) is 17.0. The summed E-state index contributed by atoms with van der Waals surface area (Å²) in [5, 5.41) is 12.6. The summed E-state index contributed by atoms with van der Waals surface area (Å²) in [7, 11) is 0.176. The molecule has 3 rings (SSSR count). The van der Waals surface area contributed by atoms with Gasteiger partial charge in [0.25, 0.3) is 13.4 Å². The molecule has 0 radical (unpaired) electrons. The van der Waals surface area contributed by atoms with E-state index in [0.717, 1.165) is 32.2 Å². The van der Waals surface area contributed by atoms with Crippen molar-refractivity contribution in [2.24, 2.45) is 5.73 Å². The summed E-state index contributed by atoms with van der Waals surface area (Å²) in [6, 6.07) is 3.44. The number of carbonyl (C=O) groups excluding carboxylic acids is 1. The van der Waals surface area contributed by atoms with Crippen molar-refractivity contribution < 1.29 is 9.82 Å². The summed E-state index contributed by atoms with van der Waals surface area (Å²) < 4.78 is 0. The summed E-state index contributed by atoms with van der Waals surface area (Å²) in [4.78, 5) is 18.9. The van der Waals surface area contributed by atoms with Crippen LogP contribution in [0, 0.1) is 0 Å². The molecule has 1 aliphatic carbocycles. The third kappa shape index (κ3) is 3.62. The van der Waals surface area contributed by atoms with Crippen molar-refractivity contribution in [3.63, 3.8) is 0 Å². The number of nitrogens with zero attached hydrogens (tertiary/aromatic N) is 2. The lowest BCUT2D eigenvalue weighted by Gasteiger charge is -2.33. The molecule has 2 fully saturated rings. The van der Waals surface area contributed by atoms with Crippen LogP contribution in [0.1, 0.15) is 48.2 Å². The Balaban J connectivity index is 1.69. The van der Waals surface area contributed by atoms with Gasteiger partial charge in [-0.15, -0.1) is 0 Å². The number of hydrogen-bond donors (Lipinski definition) is 3. The molecule has 6 nitrogen and oxygen atoms in total. The summed E-state index contributed by atoms with van der Waals surface area (Å²) in [5.74, 6) is 0.0824. The number of nitrogens with two attached hydrogens (primary N) is 1. The minimum atomic E-state index is -0.107. The highest BCUT2D eigenvalue weighted by atomic mass is 16.2. The second kappa shape index (κ2) is 7.81. The highest BCUT2D eigenvalue weighted by Crippen LogP contribution is 2.33. The van der Waals surface area contributed by atoms with E-state index in [2.05, 4.69) is 15.2 Å². The fourth-order valence-electron chi connectivity index (χ4n) is 3.45. The van der Waals surface area contributed by atoms with Gasteiger partial charge in [-0.25, -0.2) is 0 Å². The maximum absolute atomic E-state index is 12.4. The van der Waals surface area contributed by atoms with Crippen molar-refractivity contribution in [1.29, 1.82) is 0 Å². The maximum atomic E-state index is 12.4. The summed E-state index contributed by atoms with van der Waals surface area (Å²) in [6.45, 7) is 1.81. The van der Waals surface area contributed by atoms with Crippen molar-refractivity contribution in [2.75, 3.05) is 13.1 Å². The van der Waals surface area contributed by atoms with Crippen LogP contribution >= 0.6 is 0 Å². The Bertz CT molecular complexity index is 629. The van der Waals surface area contributed by atoms with E-state index in [-0.39, 0.29) is 19.3 Å². The molecule has 0 spiro atoms. The number of aromatic nitrogens is 1. The highest BCUT2D eigenvalue weighted by Gasteiger charge is 2.29. The molecule has 2 aliphatic rings. The van der Waals surface area contributed by atoms with Crippen molar-refractivity contribution >= 4 is 13.4 Å². The molecule has 1 unspecified atom stereocenters. The zero-order valence-electron chi connectivity index (χ0n) is 14.0. The number of amides is 1. The van der Waals surface area contributed by atoms with Crippen LogP contribution in [0.5, 0.6) is 0 Å². The quantitative estimate of drug-likeness (QED) is 0.661. The lowest BCUT2D eigenvalue weighted by molar-refractivity contribution is 0.0953. The van der Waals surface area contributed by atoms with Crippen LogP contribution in [0.25, 0.3) is 0 Å². The minimum Gasteiger partial charge on any atom is -0.452 e. The predicted octanol–water partition coefficient (Wildman–Crippen LogP) is 0.474. The summed E-state index contributed by atoms with van der Waals surface area (Å²) in [6.07, 6.45) is 7.16. The van der Waals surface area contributed by atoms with Gasteiger partial charge in [0, 0.05) is 36.5 Å². The lowest BCUT2D eigenvalue weighted by Crippen LogP contribution is -2.40. The van der Waals surface area contributed by atoms with Crippen LogP contribution in [0.3, 0.4) is 0 Å². The van der Waals surface area contributed by atoms with Gasteiger partial charge < -0.3 is 21.0 Å². The first-order valence-corrected chi connectivity index (χ1v) is 8.74. The van der Waals surface area contributed by atoms with Crippen LogP contribution in [0.15, 0.2) is 29.6 Å². The van der Waals surface area contributed by atoms with Gasteiger partial charge in [0.05, 0.1) is 12.2 Å². The van der Waals surface area contributed by atoms with E-state index in [4.69, 9.17) is 5.73 Å². The van der Waals surface area contributed by atoms with E-state index in [9.17, 15) is 9.82 Å². The third-order valence-electron chi connectivity index (χ3n) is 5.00. The van der Waals surface area contributed by atoms with E-state index < -0.39 is 0 Å². The molecule has 0 aromatic carbocycles. The average molecular weight is 328 g/mol. The van der Waals surface area contributed by atoms with E-state index in [1.807, 2.05) is 0 Å². The van der Waals surface area contributed by atoms with Crippen LogP contribution in [-0.2, 0) is 6.54 Å². The molecule has 1 aliphatic heterocycles. The Morgan fingerprint density at radius 1 is 1.46 bits per heavy atom. The van der Waals surface area contributed by atoms with Crippen LogP contribution in [-0.4, -0.2) is 47.3 Å². The number of carbonyl (C=O) groups is 1. The third-order valence-corrected chi connectivity index (χ3v) is 5.00. The topological polar surface area (TPSA) is 91.5 Å². The van der Waals surface area contributed by atoms with Crippen LogP contribution in [0.2, 0.25) is 0 Å². The monoisotopic (exact) mass is 328 g/mol. The molecule has 1 atom stereocenters. The fraction of sp³-hybridized carbons (Fsp3) is 0.529. The number of likely N-dealkylation sites (tertiary alicyclic amines) is 1. The van der Waals surface area contributed by atoms with Crippen LogP contribution < -0.4 is 11.1 Å². The SMILES string of the molecule is NCc1cc(C(=O)NCC(=C2CCC2)N2CCCC2BO)ccn1. The van der Waals surface area contributed by atoms with Gasteiger partial charge in [0.2, 0.25) is 0 Å². The normalized spacial score (nSPS) is 19.8. The number of nitrogens with one attached hydrogen (secondary N) is 1. The Hall–Kier alpha value is -1.86. The van der Waals surface area contributed by atoms with Gasteiger partial charge in [-0.2, -0.15) is 0 Å². The highest BCUT2D eigenvalue weighted by molar-refractivity contribution is 6.28. The molecule has 128 valence electrons. The van der Waals surface area contributed by atoms with Gasteiger partial charge in [-0.05, 0) is 49.8 Å². The maximum Gasteiger partial charge on any atom is 0.293 e. The first-order valence-electron chi connectivity index (χ1n) is 8.74. The smallest absolute Gasteiger partial charge is 0.293 e. The lowest BCUT2D eigenvalue weighted by atomic mass is 9.84. The summed E-state index contributed by atoms with van der Waals surface area (Å²) in [5.41, 5.74) is 9.51. The molecule has 7 heteroatoms. The fourth-order valence-corrected chi connectivity index (χ4v) is 3.45. The van der Waals surface area contributed by atoms with Gasteiger partial charge >= 0.3 is 0 Å². The van der Waals surface area contributed by atoms with E-state index in [1.54, 1.807) is 18.3 Å². The van der Waals surface area contributed by atoms with E-state index in [1.165, 1.54) is 17.7 Å². The largest absolute Gasteiger partial charge is 0.452 e. The predicted molar refractivity (Wildman–Crippen MR) is 94.4 cm³/mol. The molecule has 1 aromatic heterocycles. The van der Waals surface area contributed by atoms with Crippen LogP contribution in [0.4, 0.5) is 0 Å². The molecule has 2 heterocycles. The number of pyridine rings is 1. The first-order chi connectivity index (χ1) is 11.7. The Morgan fingerprint density at radius 2 is 2.29 bits per heavy atom. The average Bonchev–Trinajstić information content (AvgIpc) is 3.04. The molecule has 4 N–H and O–H groups in total. The van der Waals surface area contributed by atoms with E-state index in [0.29, 0.717) is 24.3 Å². The van der Waals surface area contributed by atoms with Crippen molar-refractivity contribution in [3.05, 3.63) is 40.9 Å². The summed E-state index contributed by atoms with van der Waals surface area (Å²) >= 11 is 0. The molecular formula is C17H25BN4O2. The van der Waals surface area contributed by atoms with Gasteiger partial charge in [0.1, 0.15) is 0 Å². The Labute approximate surface area is 143 Å². The second-order valence-electron chi connectivity index (χ2n) is 6.50. The number of allylic oxidation sites excluding steroid dienone is 1. The Kier molecular flexibility index (Phi) is 5.53. The molecule has 1 amide bonds. The Morgan fingerprint density at radius 3 is 2.96 bits per heavy atom. The standard InChI is InChI=1S/C17H25BN4O2/c19-10-14-9-13(6-7-20-14)17(23)21-11-15(12-3-1-4-12)22-8-2-5-16(22)18-24/h6-7,9,16,18,24H,1-5,8,10-11,19H2,(H,21,23). The van der Waals surface area contributed by atoms with Crippen molar-refractivity contribution in [3.8, 4) is 0 Å². The van der Waals surface area contributed by atoms with E-state index >= 15 is 0 Å². The second-order valence-corrected chi connectivity index (χ2v) is 6.50. The minimum absolute atomic E-state index is 0.107. The van der Waals surface area contributed by atoms with Crippen molar-refractivity contribution in [2.45, 2.75) is 44.6 Å². The molecule has 1 saturated carbocycles. The van der Waals surface area contributed by atoms with Gasteiger partial charge in [-0.3, -0.25) is 9.78 Å². The van der Waals surface area contributed by atoms with Gasteiger partial charge in [-0.1, -0.05) is 0 Å². The molecule has 24 heavy (non-hydrogen) atoms. The molecule has 1 aromatic rings. The van der Waals surface area contributed by atoms with Crippen molar-refractivity contribution in [1.82, 2.24) is 15.2 Å².